The van der Waals surface area contributed by atoms with Crippen LogP contribution in [0.1, 0.15) is 57.1 Å². The van der Waals surface area contributed by atoms with Crippen LogP contribution in [0.25, 0.3) is 0 Å². The quantitative estimate of drug-likeness (QED) is 0.889. The van der Waals surface area contributed by atoms with E-state index in [1.54, 1.807) is 18.2 Å². The molecule has 0 spiro atoms. The first-order valence-electron chi connectivity index (χ1n) is 6.90. The first-order valence-corrected chi connectivity index (χ1v) is 6.90. The van der Waals surface area contributed by atoms with Crippen LogP contribution in [-0.2, 0) is 15.9 Å². The molecule has 1 aromatic rings. The fraction of sp³-hybridized carbons (Fsp3) is 0.562. The van der Waals surface area contributed by atoms with Gasteiger partial charge in [0.25, 0.3) is 0 Å². The van der Waals surface area contributed by atoms with Crippen molar-refractivity contribution in [1.82, 2.24) is 0 Å². The Morgan fingerprint density at radius 2 is 1.79 bits per heavy atom. The maximum absolute atomic E-state index is 14.4. The molecule has 1 aromatic carbocycles. The van der Waals surface area contributed by atoms with Crippen molar-refractivity contribution in [3.8, 4) is 0 Å². The molecule has 1 saturated carbocycles. The highest BCUT2D eigenvalue weighted by Crippen LogP contribution is 2.44. The average Bonchev–Trinajstić information content (AvgIpc) is 2.38. The number of hydrogen-bond donors (Lipinski definition) is 1. The van der Waals surface area contributed by atoms with Gasteiger partial charge in [0.2, 0.25) is 0 Å². The summed E-state index contributed by atoms with van der Waals surface area (Å²) < 4.78 is 14.4. The Hall–Kier alpha value is -1.38. The lowest BCUT2D eigenvalue weighted by Crippen LogP contribution is -2.39. The van der Waals surface area contributed by atoms with E-state index >= 15 is 0 Å². The lowest BCUT2D eigenvalue weighted by Gasteiger charge is -2.36. The van der Waals surface area contributed by atoms with Crippen molar-refractivity contribution in [3.05, 3.63) is 35.4 Å². The molecule has 2 nitrogen and oxygen atoms in total. The summed E-state index contributed by atoms with van der Waals surface area (Å²) in [6.45, 7) is 2.98. The molecule has 19 heavy (non-hydrogen) atoms. The summed E-state index contributed by atoms with van der Waals surface area (Å²) in [4.78, 5) is 11.8. The van der Waals surface area contributed by atoms with Crippen LogP contribution in [0.2, 0.25) is 0 Å². The van der Waals surface area contributed by atoms with Gasteiger partial charge in [-0.15, -0.1) is 0 Å². The summed E-state index contributed by atoms with van der Waals surface area (Å²) in [7, 11) is 0. The zero-order valence-electron chi connectivity index (χ0n) is 11.6. The molecule has 0 heterocycles. The van der Waals surface area contributed by atoms with Gasteiger partial charge in [0.15, 0.2) is 0 Å². The van der Waals surface area contributed by atoms with Crippen LogP contribution in [0.4, 0.5) is 4.39 Å². The molecule has 0 saturated heterocycles. The van der Waals surface area contributed by atoms with Crippen molar-refractivity contribution in [1.29, 1.82) is 0 Å². The van der Waals surface area contributed by atoms with Crippen LogP contribution in [0.3, 0.4) is 0 Å². The van der Waals surface area contributed by atoms with Gasteiger partial charge in [0, 0.05) is 0 Å². The number of hydrogen-bond acceptors (Lipinski definition) is 1. The van der Waals surface area contributed by atoms with E-state index in [-0.39, 0.29) is 0 Å². The fourth-order valence-electron chi connectivity index (χ4n) is 3.17. The van der Waals surface area contributed by atoms with E-state index < -0.39 is 17.1 Å². The summed E-state index contributed by atoms with van der Waals surface area (Å²) in [6, 6.07) is 7.09. The van der Waals surface area contributed by atoms with Gasteiger partial charge < -0.3 is 5.11 Å². The molecule has 0 radical (unpaired) electrons. The molecule has 1 N–H and O–H groups in total. The van der Waals surface area contributed by atoms with Crippen molar-refractivity contribution in [2.24, 2.45) is 0 Å². The van der Waals surface area contributed by atoms with Gasteiger partial charge in [0.1, 0.15) is 5.67 Å². The molecule has 0 aliphatic heterocycles. The molecule has 3 heteroatoms. The van der Waals surface area contributed by atoms with E-state index in [2.05, 4.69) is 0 Å². The van der Waals surface area contributed by atoms with Crippen LogP contribution >= 0.6 is 0 Å². The topological polar surface area (TPSA) is 37.3 Å². The zero-order chi connectivity index (χ0) is 14.1. The van der Waals surface area contributed by atoms with Crippen molar-refractivity contribution < 1.29 is 14.3 Å². The molecule has 1 aliphatic rings. The van der Waals surface area contributed by atoms with Gasteiger partial charge >= 0.3 is 5.97 Å². The predicted octanol–water partition coefficient (Wildman–Crippen LogP) is 4.18. The van der Waals surface area contributed by atoms with E-state index in [1.807, 2.05) is 6.07 Å². The van der Waals surface area contributed by atoms with E-state index in [1.165, 1.54) is 13.8 Å². The molecule has 0 unspecified atom stereocenters. The normalized spacial score (nSPS) is 19.1. The van der Waals surface area contributed by atoms with Gasteiger partial charge in [0.05, 0.1) is 5.41 Å². The number of rotatable bonds is 3. The molecule has 0 atom stereocenters. The Balaban J connectivity index is 2.58. The Morgan fingerprint density at radius 1 is 1.21 bits per heavy atom. The third-order valence-corrected chi connectivity index (χ3v) is 4.20. The first kappa shape index (κ1) is 14.0. The molecule has 1 aliphatic carbocycles. The highest BCUT2D eigenvalue weighted by atomic mass is 19.1. The Bertz CT molecular complexity index is 468. The second kappa shape index (κ2) is 4.95. The third kappa shape index (κ3) is 2.51. The highest BCUT2D eigenvalue weighted by molar-refractivity contribution is 5.82. The summed E-state index contributed by atoms with van der Waals surface area (Å²) >= 11 is 0. The number of benzene rings is 1. The van der Waals surface area contributed by atoms with Crippen molar-refractivity contribution in [2.75, 3.05) is 0 Å². The van der Waals surface area contributed by atoms with Crippen molar-refractivity contribution in [2.45, 2.75) is 57.0 Å². The van der Waals surface area contributed by atoms with E-state index in [9.17, 15) is 14.3 Å². The van der Waals surface area contributed by atoms with Crippen LogP contribution < -0.4 is 0 Å². The van der Waals surface area contributed by atoms with Gasteiger partial charge in [-0.05, 0) is 37.8 Å². The van der Waals surface area contributed by atoms with Crippen molar-refractivity contribution in [3.63, 3.8) is 0 Å². The molecule has 1 fully saturated rings. The third-order valence-electron chi connectivity index (χ3n) is 4.20. The average molecular weight is 264 g/mol. The number of alkyl halides is 1. The Labute approximate surface area is 113 Å². The largest absolute Gasteiger partial charge is 0.481 e. The van der Waals surface area contributed by atoms with Crippen LogP contribution in [0.5, 0.6) is 0 Å². The van der Waals surface area contributed by atoms with Gasteiger partial charge in [-0.25, -0.2) is 4.39 Å². The minimum atomic E-state index is -1.52. The van der Waals surface area contributed by atoms with Gasteiger partial charge in [-0.2, -0.15) is 0 Å². The number of carboxylic acid groups (broad SMARTS) is 1. The highest BCUT2D eigenvalue weighted by Gasteiger charge is 2.44. The Kier molecular flexibility index (Phi) is 3.66. The minimum absolute atomic E-state index is 0.513. The smallest absolute Gasteiger partial charge is 0.314 e. The molecule has 2 rings (SSSR count). The summed E-state index contributed by atoms with van der Waals surface area (Å²) in [5.41, 5.74) is -1.25. The van der Waals surface area contributed by atoms with Gasteiger partial charge in [-0.3, -0.25) is 4.79 Å². The van der Waals surface area contributed by atoms with Crippen molar-refractivity contribution >= 4 is 5.97 Å². The van der Waals surface area contributed by atoms with Gasteiger partial charge in [-0.1, -0.05) is 43.5 Å². The summed E-state index contributed by atoms with van der Waals surface area (Å²) in [5.74, 6) is -0.816. The van der Waals surface area contributed by atoms with Crippen LogP contribution in [0, 0.1) is 0 Å². The summed E-state index contributed by atoms with van der Waals surface area (Å²) in [6.07, 6.45) is 4.07. The molecule has 0 bridgehead atoms. The monoisotopic (exact) mass is 264 g/mol. The second-order valence-electron chi connectivity index (χ2n) is 5.97. The number of aliphatic carboxylic acids is 1. The predicted molar refractivity (Wildman–Crippen MR) is 73.0 cm³/mol. The maximum Gasteiger partial charge on any atom is 0.314 e. The van der Waals surface area contributed by atoms with E-state index in [0.29, 0.717) is 24.0 Å². The Morgan fingerprint density at radius 3 is 2.32 bits per heavy atom. The number of carboxylic acids is 1. The lowest BCUT2D eigenvalue weighted by atomic mass is 9.67. The molecule has 0 amide bonds. The molecule has 0 aromatic heterocycles. The minimum Gasteiger partial charge on any atom is -0.481 e. The molecular weight excluding hydrogens is 243 g/mol. The molecular formula is C16H21FO2. The zero-order valence-corrected chi connectivity index (χ0v) is 11.6. The standard InChI is InChI=1S/C16H21FO2/c1-15(2,17)12-8-4-5-9-13(12)16(14(18)19)10-6-3-7-11-16/h4-5,8-9H,3,6-7,10-11H2,1-2H3,(H,18,19). The van der Waals surface area contributed by atoms with E-state index in [4.69, 9.17) is 0 Å². The van der Waals surface area contributed by atoms with Crippen LogP contribution in [0.15, 0.2) is 24.3 Å². The second-order valence-corrected chi connectivity index (χ2v) is 5.97. The van der Waals surface area contributed by atoms with E-state index in [0.717, 1.165) is 19.3 Å². The number of halogens is 1. The molecule has 104 valence electrons. The SMILES string of the molecule is CC(C)(F)c1ccccc1C1(C(=O)O)CCCCC1. The fourth-order valence-corrected chi connectivity index (χ4v) is 3.17. The summed E-state index contributed by atoms with van der Waals surface area (Å²) in [5, 5.41) is 9.71. The number of carbonyl (C=O) groups is 1. The maximum atomic E-state index is 14.4. The first-order chi connectivity index (χ1) is 8.88. The van der Waals surface area contributed by atoms with Crippen LogP contribution in [-0.4, -0.2) is 11.1 Å². The lowest BCUT2D eigenvalue weighted by molar-refractivity contribution is -0.145.